The van der Waals surface area contributed by atoms with Crippen molar-refractivity contribution in [3.63, 3.8) is 0 Å². The summed E-state index contributed by atoms with van der Waals surface area (Å²) in [5.74, 6) is 1.09. The number of benzene rings is 2. The van der Waals surface area contributed by atoms with Gasteiger partial charge >= 0.3 is 0 Å². The molecule has 32 heavy (non-hydrogen) atoms. The third-order valence-corrected chi connectivity index (χ3v) is 5.64. The Hall–Kier alpha value is -2.38. The predicted molar refractivity (Wildman–Crippen MR) is 136 cm³/mol. The molecule has 1 heterocycles. The molecule has 172 valence electrons. The molecule has 2 aromatic carbocycles. The van der Waals surface area contributed by atoms with Gasteiger partial charge in [0, 0.05) is 25.7 Å². The van der Waals surface area contributed by atoms with Crippen molar-refractivity contribution in [3.8, 4) is 11.8 Å². The van der Waals surface area contributed by atoms with E-state index in [4.69, 9.17) is 10.00 Å². The molecule has 6 nitrogen and oxygen atoms in total. The summed E-state index contributed by atoms with van der Waals surface area (Å²) in [7, 11) is 3.37. The lowest BCUT2D eigenvalue weighted by atomic mass is 10.0. The summed E-state index contributed by atoms with van der Waals surface area (Å²) in [6.07, 6.45) is 3.68. The van der Waals surface area contributed by atoms with Crippen LogP contribution >= 0.6 is 24.0 Å². The number of hydrogen-bond acceptors (Lipinski definition) is 4. The smallest absolute Gasteiger partial charge is 0.191 e. The number of ether oxygens (including phenoxy) is 1. The van der Waals surface area contributed by atoms with Gasteiger partial charge in [0.25, 0.3) is 0 Å². The summed E-state index contributed by atoms with van der Waals surface area (Å²) in [6.45, 7) is 3.05. The van der Waals surface area contributed by atoms with E-state index in [1.54, 1.807) is 20.2 Å². The van der Waals surface area contributed by atoms with Crippen molar-refractivity contribution in [2.75, 3.05) is 33.8 Å². The van der Waals surface area contributed by atoms with E-state index >= 15 is 0 Å². The van der Waals surface area contributed by atoms with Crippen LogP contribution in [0.4, 0.5) is 4.39 Å². The minimum Gasteiger partial charge on any atom is -0.497 e. The van der Waals surface area contributed by atoms with Gasteiger partial charge in [0.1, 0.15) is 11.6 Å². The Morgan fingerprint density at radius 1 is 1.16 bits per heavy atom. The standard InChI is InChI=1S/C24H30FN5O.HI/c1-27-24(28-16-20-14-18(15-26)6-11-22(20)25)29-17-23(30-12-4-3-5-13-30)19-7-9-21(31-2)10-8-19;/h6-11,14,23H,3-5,12-13,16-17H2,1-2H3,(H2,27,28,29);1H. The fourth-order valence-corrected chi connectivity index (χ4v) is 3.89. The largest absolute Gasteiger partial charge is 0.497 e. The maximum atomic E-state index is 14.1. The number of hydrogen-bond donors (Lipinski definition) is 2. The molecule has 1 atom stereocenters. The second-order valence-corrected chi connectivity index (χ2v) is 7.61. The zero-order valence-corrected chi connectivity index (χ0v) is 20.9. The summed E-state index contributed by atoms with van der Waals surface area (Å²) in [6, 6.07) is 14.8. The Balaban J connectivity index is 0.00000363. The Morgan fingerprint density at radius 3 is 2.50 bits per heavy atom. The molecule has 1 saturated heterocycles. The monoisotopic (exact) mass is 551 g/mol. The van der Waals surface area contributed by atoms with Crippen LogP contribution < -0.4 is 15.4 Å². The van der Waals surface area contributed by atoms with E-state index in [-0.39, 0.29) is 42.4 Å². The predicted octanol–water partition coefficient (Wildman–Crippen LogP) is 4.22. The third kappa shape index (κ3) is 7.07. The Kier molecular flexibility index (Phi) is 10.7. The van der Waals surface area contributed by atoms with Crippen LogP contribution in [0.5, 0.6) is 5.75 Å². The molecule has 3 rings (SSSR count). The first-order valence-corrected chi connectivity index (χ1v) is 10.7. The van der Waals surface area contributed by atoms with Crippen LogP contribution in [0.3, 0.4) is 0 Å². The second-order valence-electron chi connectivity index (χ2n) is 7.61. The van der Waals surface area contributed by atoms with Gasteiger partial charge in [-0.15, -0.1) is 24.0 Å². The van der Waals surface area contributed by atoms with Gasteiger partial charge in [0.05, 0.1) is 24.8 Å². The minimum absolute atomic E-state index is 0. The first kappa shape index (κ1) is 25.9. The Labute approximate surface area is 206 Å². The van der Waals surface area contributed by atoms with Crippen molar-refractivity contribution in [2.45, 2.75) is 31.8 Å². The first-order chi connectivity index (χ1) is 15.1. The van der Waals surface area contributed by atoms with Gasteiger partial charge < -0.3 is 15.4 Å². The summed E-state index contributed by atoms with van der Waals surface area (Å²) in [5, 5.41) is 15.6. The van der Waals surface area contributed by atoms with Gasteiger partial charge in [0.2, 0.25) is 0 Å². The maximum absolute atomic E-state index is 14.1. The highest BCUT2D eigenvalue weighted by atomic mass is 127. The highest BCUT2D eigenvalue weighted by molar-refractivity contribution is 14.0. The molecule has 0 aromatic heterocycles. The number of nitrogens with zero attached hydrogens (tertiary/aromatic N) is 3. The number of aliphatic imine (C=N–C) groups is 1. The fraction of sp³-hybridized carbons (Fsp3) is 0.417. The Bertz CT molecular complexity index is 923. The van der Waals surface area contributed by atoms with Gasteiger partial charge in [0.15, 0.2) is 5.96 Å². The highest BCUT2D eigenvalue weighted by Gasteiger charge is 2.22. The van der Waals surface area contributed by atoms with Gasteiger partial charge in [-0.25, -0.2) is 4.39 Å². The molecule has 1 aliphatic heterocycles. The van der Waals surface area contributed by atoms with E-state index in [2.05, 4.69) is 32.7 Å². The fourth-order valence-electron chi connectivity index (χ4n) is 3.89. The lowest BCUT2D eigenvalue weighted by Gasteiger charge is -2.35. The number of halogens is 2. The molecular formula is C24H31FIN5O. The highest BCUT2D eigenvalue weighted by Crippen LogP contribution is 2.25. The summed E-state index contributed by atoms with van der Waals surface area (Å²) >= 11 is 0. The van der Waals surface area contributed by atoms with Gasteiger partial charge in [-0.05, 0) is 61.8 Å². The van der Waals surface area contributed by atoms with Crippen molar-refractivity contribution >= 4 is 29.9 Å². The van der Waals surface area contributed by atoms with Crippen molar-refractivity contribution in [1.29, 1.82) is 5.26 Å². The molecule has 0 saturated carbocycles. The molecule has 8 heteroatoms. The van der Waals surface area contributed by atoms with Crippen LogP contribution in [-0.4, -0.2) is 44.7 Å². The minimum atomic E-state index is -0.341. The van der Waals surface area contributed by atoms with Crippen molar-refractivity contribution in [3.05, 3.63) is 65.0 Å². The van der Waals surface area contributed by atoms with E-state index < -0.39 is 0 Å². The number of methoxy groups -OCH3 is 1. The van der Waals surface area contributed by atoms with E-state index in [0.717, 1.165) is 18.8 Å². The molecule has 1 aliphatic rings. The number of nitrogens with one attached hydrogen (secondary N) is 2. The quantitative estimate of drug-likeness (QED) is 0.307. The lowest BCUT2D eigenvalue weighted by Crippen LogP contribution is -2.44. The molecule has 0 aliphatic carbocycles. The van der Waals surface area contributed by atoms with Crippen LogP contribution in [0.2, 0.25) is 0 Å². The molecule has 1 unspecified atom stereocenters. The molecule has 0 spiro atoms. The topological polar surface area (TPSA) is 72.7 Å². The van der Waals surface area contributed by atoms with E-state index in [9.17, 15) is 4.39 Å². The van der Waals surface area contributed by atoms with Crippen molar-refractivity contribution < 1.29 is 9.13 Å². The number of nitriles is 1. The van der Waals surface area contributed by atoms with Crippen LogP contribution in [0.25, 0.3) is 0 Å². The van der Waals surface area contributed by atoms with E-state index in [1.807, 2.05) is 18.2 Å². The number of rotatable bonds is 7. The molecule has 2 N–H and O–H groups in total. The number of guanidine groups is 1. The lowest BCUT2D eigenvalue weighted by molar-refractivity contribution is 0.164. The van der Waals surface area contributed by atoms with Gasteiger partial charge in [-0.1, -0.05) is 18.6 Å². The van der Waals surface area contributed by atoms with Crippen molar-refractivity contribution in [2.24, 2.45) is 4.99 Å². The van der Waals surface area contributed by atoms with Gasteiger partial charge in [-0.2, -0.15) is 5.26 Å². The van der Waals surface area contributed by atoms with E-state index in [0.29, 0.717) is 23.6 Å². The summed E-state index contributed by atoms with van der Waals surface area (Å²) in [5.41, 5.74) is 2.09. The van der Waals surface area contributed by atoms with Crippen LogP contribution in [-0.2, 0) is 6.54 Å². The molecule has 2 aromatic rings. The van der Waals surface area contributed by atoms with Crippen LogP contribution in [0.15, 0.2) is 47.5 Å². The zero-order valence-electron chi connectivity index (χ0n) is 18.6. The SMILES string of the molecule is CN=C(NCc1cc(C#N)ccc1F)NCC(c1ccc(OC)cc1)N1CCCCC1.I. The van der Waals surface area contributed by atoms with Gasteiger partial charge in [-0.3, -0.25) is 9.89 Å². The number of piperidine rings is 1. The molecular weight excluding hydrogens is 520 g/mol. The summed E-state index contributed by atoms with van der Waals surface area (Å²) < 4.78 is 19.4. The van der Waals surface area contributed by atoms with Crippen molar-refractivity contribution in [1.82, 2.24) is 15.5 Å². The average Bonchev–Trinajstić information content (AvgIpc) is 2.83. The summed E-state index contributed by atoms with van der Waals surface area (Å²) in [4.78, 5) is 6.78. The molecule has 0 bridgehead atoms. The Morgan fingerprint density at radius 2 is 1.88 bits per heavy atom. The molecule has 0 radical (unpaired) electrons. The maximum Gasteiger partial charge on any atom is 0.191 e. The van der Waals surface area contributed by atoms with E-state index in [1.165, 1.54) is 37.0 Å². The first-order valence-electron chi connectivity index (χ1n) is 10.7. The zero-order chi connectivity index (χ0) is 22.1. The van der Waals surface area contributed by atoms with Crippen LogP contribution in [0.1, 0.15) is 42.0 Å². The third-order valence-electron chi connectivity index (χ3n) is 5.64. The molecule has 0 amide bonds. The molecule has 1 fully saturated rings. The second kappa shape index (κ2) is 13.2. The normalized spacial score (nSPS) is 15.2. The number of likely N-dealkylation sites (tertiary alicyclic amines) is 1. The van der Waals surface area contributed by atoms with Crippen LogP contribution in [0, 0.1) is 17.1 Å². The average molecular weight is 551 g/mol.